The number of carbonyl (C=O) groups is 1. The van der Waals surface area contributed by atoms with Crippen molar-refractivity contribution in [2.24, 2.45) is 4.99 Å². The average Bonchev–Trinajstić information content (AvgIpc) is 2.72. The Morgan fingerprint density at radius 3 is 2.55 bits per heavy atom. The van der Waals surface area contributed by atoms with Gasteiger partial charge in [0.2, 0.25) is 5.91 Å². The van der Waals surface area contributed by atoms with Gasteiger partial charge in [0, 0.05) is 37.8 Å². The fourth-order valence-corrected chi connectivity index (χ4v) is 3.45. The molecule has 1 fully saturated rings. The van der Waals surface area contributed by atoms with Crippen LogP contribution in [0.25, 0.3) is 0 Å². The molecule has 0 aliphatic heterocycles. The van der Waals surface area contributed by atoms with Crippen LogP contribution in [0.1, 0.15) is 44.6 Å². The summed E-state index contributed by atoms with van der Waals surface area (Å²) >= 11 is 0. The lowest BCUT2D eigenvalue weighted by atomic mass is 9.95. The molecule has 0 radical (unpaired) electrons. The molecule has 0 spiro atoms. The zero-order chi connectivity index (χ0) is 20.4. The highest BCUT2D eigenvalue weighted by Crippen LogP contribution is 2.25. The Morgan fingerprint density at radius 1 is 1.21 bits per heavy atom. The SMILES string of the molecule is CCNC(=NCC(=O)NC1CCCCC1)N(C)Cc1ccc(OC)cc1OC.I. The Morgan fingerprint density at radius 2 is 1.93 bits per heavy atom. The van der Waals surface area contributed by atoms with E-state index in [0.29, 0.717) is 18.5 Å². The highest BCUT2D eigenvalue weighted by atomic mass is 127. The molecular formula is C21H35IN4O3. The minimum absolute atomic E-state index is 0. The van der Waals surface area contributed by atoms with Crippen molar-refractivity contribution >= 4 is 35.8 Å². The van der Waals surface area contributed by atoms with E-state index in [-0.39, 0.29) is 36.4 Å². The molecule has 164 valence electrons. The molecule has 0 aromatic heterocycles. The first-order chi connectivity index (χ1) is 13.6. The highest BCUT2D eigenvalue weighted by Gasteiger charge is 2.16. The van der Waals surface area contributed by atoms with Gasteiger partial charge in [-0.3, -0.25) is 4.79 Å². The smallest absolute Gasteiger partial charge is 0.242 e. The van der Waals surface area contributed by atoms with E-state index in [2.05, 4.69) is 15.6 Å². The van der Waals surface area contributed by atoms with Gasteiger partial charge in [0.1, 0.15) is 18.0 Å². The molecule has 1 aliphatic rings. The van der Waals surface area contributed by atoms with Gasteiger partial charge in [-0.1, -0.05) is 19.3 Å². The van der Waals surface area contributed by atoms with Gasteiger partial charge in [-0.25, -0.2) is 4.99 Å². The zero-order valence-electron chi connectivity index (χ0n) is 18.0. The third-order valence-electron chi connectivity index (χ3n) is 4.94. The maximum atomic E-state index is 12.3. The summed E-state index contributed by atoms with van der Waals surface area (Å²) in [5.74, 6) is 2.19. The van der Waals surface area contributed by atoms with Gasteiger partial charge in [0.15, 0.2) is 5.96 Å². The van der Waals surface area contributed by atoms with E-state index in [1.165, 1.54) is 19.3 Å². The molecule has 1 amide bonds. The Balaban J connectivity index is 0.00000420. The second kappa shape index (κ2) is 13.5. The van der Waals surface area contributed by atoms with Gasteiger partial charge in [-0.15, -0.1) is 24.0 Å². The number of rotatable bonds is 8. The van der Waals surface area contributed by atoms with E-state index in [0.717, 1.165) is 36.4 Å². The second-order valence-electron chi connectivity index (χ2n) is 7.11. The number of benzene rings is 1. The van der Waals surface area contributed by atoms with E-state index in [1.807, 2.05) is 37.1 Å². The minimum Gasteiger partial charge on any atom is -0.497 e. The zero-order valence-corrected chi connectivity index (χ0v) is 20.3. The first-order valence-electron chi connectivity index (χ1n) is 10.1. The lowest BCUT2D eigenvalue weighted by molar-refractivity contribution is -0.120. The topological polar surface area (TPSA) is 75.2 Å². The molecule has 1 saturated carbocycles. The molecule has 1 aromatic carbocycles. The van der Waals surface area contributed by atoms with Gasteiger partial charge in [-0.05, 0) is 31.9 Å². The second-order valence-corrected chi connectivity index (χ2v) is 7.11. The molecule has 0 saturated heterocycles. The number of carbonyl (C=O) groups excluding carboxylic acids is 1. The summed E-state index contributed by atoms with van der Waals surface area (Å²) in [4.78, 5) is 18.8. The van der Waals surface area contributed by atoms with Crippen LogP contribution in [-0.2, 0) is 11.3 Å². The maximum Gasteiger partial charge on any atom is 0.242 e. The van der Waals surface area contributed by atoms with Crippen molar-refractivity contribution in [2.75, 3.05) is 34.4 Å². The van der Waals surface area contributed by atoms with Crippen LogP contribution in [0.4, 0.5) is 0 Å². The Kier molecular flexibility index (Phi) is 11.8. The van der Waals surface area contributed by atoms with E-state index < -0.39 is 0 Å². The number of nitrogens with zero attached hydrogens (tertiary/aromatic N) is 2. The van der Waals surface area contributed by atoms with Crippen LogP contribution in [0.2, 0.25) is 0 Å². The quantitative estimate of drug-likeness (QED) is 0.314. The van der Waals surface area contributed by atoms with E-state index in [4.69, 9.17) is 9.47 Å². The largest absolute Gasteiger partial charge is 0.497 e. The van der Waals surface area contributed by atoms with E-state index >= 15 is 0 Å². The number of amides is 1. The van der Waals surface area contributed by atoms with Crippen LogP contribution in [0.5, 0.6) is 11.5 Å². The van der Waals surface area contributed by atoms with Gasteiger partial charge >= 0.3 is 0 Å². The number of nitrogens with one attached hydrogen (secondary N) is 2. The van der Waals surface area contributed by atoms with E-state index in [1.54, 1.807) is 14.2 Å². The predicted molar refractivity (Wildman–Crippen MR) is 127 cm³/mol. The van der Waals surface area contributed by atoms with Crippen LogP contribution in [0, 0.1) is 0 Å². The summed E-state index contributed by atoms with van der Waals surface area (Å²) in [5.41, 5.74) is 1.02. The van der Waals surface area contributed by atoms with Crippen molar-refractivity contribution < 1.29 is 14.3 Å². The number of methoxy groups -OCH3 is 2. The van der Waals surface area contributed by atoms with Crippen LogP contribution in [-0.4, -0.2) is 57.2 Å². The lowest BCUT2D eigenvalue weighted by Gasteiger charge is -2.24. The number of hydrogen-bond donors (Lipinski definition) is 2. The summed E-state index contributed by atoms with van der Waals surface area (Å²) in [6, 6.07) is 6.06. The standard InChI is InChI=1S/C21H34N4O3.HI/c1-5-22-21(23-14-20(26)24-17-9-7-6-8-10-17)25(2)15-16-11-12-18(27-3)13-19(16)28-4;/h11-13,17H,5-10,14-15H2,1-4H3,(H,22,23)(H,24,26);1H. The van der Waals surface area contributed by atoms with Crippen molar-refractivity contribution in [3.63, 3.8) is 0 Å². The number of halogens is 1. The van der Waals surface area contributed by atoms with Crippen molar-refractivity contribution in [1.29, 1.82) is 0 Å². The Bertz CT molecular complexity index is 663. The van der Waals surface area contributed by atoms with Crippen LogP contribution >= 0.6 is 24.0 Å². The molecule has 0 bridgehead atoms. The first-order valence-corrected chi connectivity index (χ1v) is 10.1. The van der Waals surface area contributed by atoms with Gasteiger partial charge in [-0.2, -0.15) is 0 Å². The van der Waals surface area contributed by atoms with Gasteiger partial charge in [0.05, 0.1) is 14.2 Å². The van der Waals surface area contributed by atoms with Crippen LogP contribution in [0.15, 0.2) is 23.2 Å². The third kappa shape index (κ3) is 8.28. The van der Waals surface area contributed by atoms with Crippen molar-refractivity contribution in [3.05, 3.63) is 23.8 Å². The van der Waals surface area contributed by atoms with Crippen molar-refractivity contribution in [2.45, 2.75) is 51.6 Å². The number of aliphatic imine (C=N–C) groups is 1. The third-order valence-corrected chi connectivity index (χ3v) is 4.94. The molecular weight excluding hydrogens is 483 g/mol. The molecule has 29 heavy (non-hydrogen) atoms. The summed E-state index contributed by atoms with van der Waals surface area (Å²) in [5, 5.41) is 6.36. The number of ether oxygens (including phenoxy) is 2. The predicted octanol–water partition coefficient (Wildman–Crippen LogP) is 3.17. The highest BCUT2D eigenvalue weighted by molar-refractivity contribution is 14.0. The minimum atomic E-state index is -0.0160. The average molecular weight is 518 g/mol. The molecule has 0 unspecified atom stereocenters. The lowest BCUT2D eigenvalue weighted by Crippen LogP contribution is -2.41. The van der Waals surface area contributed by atoms with Gasteiger partial charge < -0.3 is 25.0 Å². The van der Waals surface area contributed by atoms with Crippen LogP contribution < -0.4 is 20.1 Å². The Labute approximate surface area is 191 Å². The fraction of sp³-hybridized carbons (Fsp3) is 0.619. The molecule has 1 aromatic rings. The molecule has 2 rings (SSSR count). The van der Waals surface area contributed by atoms with Crippen molar-refractivity contribution in [3.8, 4) is 11.5 Å². The molecule has 0 heterocycles. The summed E-state index contributed by atoms with van der Waals surface area (Å²) < 4.78 is 10.7. The molecule has 2 N–H and O–H groups in total. The monoisotopic (exact) mass is 518 g/mol. The van der Waals surface area contributed by atoms with Gasteiger partial charge in [0.25, 0.3) is 0 Å². The number of hydrogen-bond acceptors (Lipinski definition) is 4. The molecule has 0 atom stereocenters. The Hall–Kier alpha value is -1.71. The fourth-order valence-electron chi connectivity index (χ4n) is 3.45. The molecule has 1 aliphatic carbocycles. The van der Waals surface area contributed by atoms with E-state index in [9.17, 15) is 4.79 Å². The first kappa shape index (κ1) is 25.3. The van der Waals surface area contributed by atoms with Crippen molar-refractivity contribution in [1.82, 2.24) is 15.5 Å². The maximum absolute atomic E-state index is 12.3. The number of guanidine groups is 1. The normalized spacial score (nSPS) is 14.6. The molecule has 8 heteroatoms. The van der Waals surface area contributed by atoms with Crippen LogP contribution in [0.3, 0.4) is 0 Å². The summed E-state index contributed by atoms with van der Waals surface area (Å²) in [6.07, 6.45) is 5.82. The summed E-state index contributed by atoms with van der Waals surface area (Å²) in [6.45, 7) is 3.47. The summed E-state index contributed by atoms with van der Waals surface area (Å²) in [7, 11) is 5.23. The molecule has 7 nitrogen and oxygen atoms in total.